The number of aryl methyl sites for hydroxylation is 1. The normalized spacial score (nSPS) is 11.4. The lowest BCUT2D eigenvalue weighted by Gasteiger charge is -2.12. The molecule has 27 heavy (non-hydrogen) atoms. The summed E-state index contributed by atoms with van der Waals surface area (Å²) >= 11 is 0. The highest BCUT2D eigenvalue weighted by molar-refractivity contribution is 14.0. The third-order valence-electron chi connectivity index (χ3n) is 4.06. The van der Waals surface area contributed by atoms with Crippen LogP contribution < -0.4 is 10.6 Å². The van der Waals surface area contributed by atoms with E-state index in [1.807, 2.05) is 24.3 Å². The van der Waals surface area contributed by atoms with Crippen LogP contribution in [0.25, 0.3) is 11.0 Å². The zero-order chi connectivity index (χ0) is 18.2. The van der Waals surface area contributed by atoms with Gasteiger partial charge in [-0.2, -0.15) is 0 Å². The van der Waals surface area contributed by atoms with Crippen molar-refractivity contribution in [2.24, 2.45) is 4.99 Å². The number of hydrogen-bond donors (Lipinski definition) is 3. The number of guanidine groups is 1. The average Bonchev–Trinajstić information content (AvgIpc) is 3.27. The van der Waals surface area contributed by atoms with Gasteiger partial charge in [0.15, 0.2) is 5.96 Å². The fourth-order valence-electron chi connectivity index (χ4n) is 2.77. The molecule has 1 aromatic carbocycles. The molecule has 0 amide bonds. The first kappa shape index (κ1) is 21.1. The third kappa shape index (κ3) is 5.91. The van der Waals surface area contributed by atoms with Gasteiger partial charge >= 0.3 is 0 Å². The van der Waals surface area contributed by atoms with Gasteiger partial charge in [0.2, 0.25) is 0 Å². The van der Waals surface area contributed by atoms with E-state index in [9.17, 15) is 0 Å². The average molecular weight is 482 g/mol. The Labute approximate surface area is 176 Å². The van der Waals surface area contributed by atoms with E-state index >= 15 is 0 Å². The van der Waals surface area contributed by atoms with E-state index in [1.165, 1.54) is 0 Å². The molecule has 146 valence electrons. The summed E-state index contributed by atoms with van der Waals surface area (Å²) in [5.41, 5.74) is 2.06. The van der Waals surface area contributed by atoms with E-state index in [1.54, 1.807) is 6.33 Å². The standard InChI is InChI=1S/C18H26N8.HI/c1-3-17-25-22-13-26(17)12-11-21-18(19-4-2)20-10-9-16-23-14-7-5-6-8-15(14)24-16;/h5-8,13H,3-4,9-12H2,1-2H3,(H,23,24)(H2,19,20,21);1H. The number of benzene rings is 1. The molecule has 0 unspecified atom stereocenters. The lowest BCUT2D eigenvalue weighted by molar-refractivity contribution is 0.632. The highest BCUT2D eigenvalue weighted by Crippen LogP contribution is 2.10. The quantitative estimate of drug-likeness (QED) is 0.260. The Kier molecular flexibility index (Phi) is 8.49. The molecule has 9 heteroatoms. The van der Waals surface area contributed by atoms with E-state index in [2.05, 4.69) is 54.2 Å². The second-order valence-corrected chi connectivity index (χ2v) is 5.93. The maximum atomic E-state index is 4.63. The summed E-state index contributed by atoms with van der Waals surface area (Å²) < 4.78 is 2.06. The summed E-state index contributed by atoms with van der Waals surface area (Å²) in [6.07, 6.45) is 3.43. The van der Waals surface area contributed by atoms with Gasteiger partial charge in [0.1, 0.15) is 18.0 Å². The number of halogens is 1. The molecular weight excluding hydrogens is 455 g/mol. The Morgan fingerprint density at radius 3 is 2.85 bits per heavy atom. The maximum absolute atomic E-state index is 4.63. The predicted molar refractivity (Wildman–Crippen MR) is 119 cm³/mol. The summed E-state index contributed by atoms with van der Waals surface area (Å²) in [6, 6.07) is 8.06. The molecule has 0 bridgehead atoms. The Morgan fingerprint density at radius 2 is 2.07 bits per heavy atom. The van der Waals surface area contributed by atoms with Gasteiger partial charge in [0.05, 0.1) is 11.0 Å². The summed E-state index contributed by atoms with van der Waals surface area (Å²) in [4.78, 5) is 12.6. The molecule has 0 aliphatic carbocycles. The Bertz CT molecular complexity index is 821. The predicted octanol–water partition coefficient (Wildman–Crippen LogP) is 2.13. The van der Waals surface area contributed by atoms with Crippen LogP contribution in [0.3, 0.4) is 0 Å². The van der Waals surface area contributed by atoms with Crippen LogP contribution in [0.15, 0.2) is 35.6 Å². The van der Waals surface area contributed by atoms with E-state index < -0.39 is 0 Å². The molecule has 0 radical (unpaired) electrons. The zero-order valence-electron chi connectivity index (χ0n) is 15.8. The Hall–Kier alpha value is -2.17. The minimum Gasteiger partial charge on any atom is -0.357 e. The van der Waals surface area contributed by atoms with Gasteiger partial charge < -0.3 is 20.2 Å². The fraction of sp³-hybridized carbons (Fsp3) is 0.444. The number of rotatable bonds is 8. The number of hydrogen-bond acceptors (Lipinski definition) is 4. The van der Waals surface area contributed by atoms with Gasteiger partial charge in [-0.1, -0.05) is 19.1 Å². The largest absolute Gasteiger partial charge is 0.357 e. The number of aliphatic imine (C=N–C) groups is 1. The maximum Gasteiger partial charge on any atom is 0.191 e. The van der Waals surface area contributed by atoms with Crippen LogP contribution in [0.2, 0.25) is 0 Å². The number of aromatic amines is 1. The van der Waals surface area contributed by atoms with Crippen LogP contribution in [0.5, 0.6) is 0 Å². The van der Waals surface area contributed by atoms with Crippen LogP contribution in [-0.4, -0.2) is 50.3 Å². The molecule has 8 nitrogen and oxygen atoms in total. The van der Waals surface area contributed by atoms with Crippen molar-refractivity contribution in [3.05, 3.63) is 42.2 Å². The van der Waals surface area contributed by atoms with E-state index in [0.29, 0.717) is 6.54 Å². The monoisotopic (exact) mass is 482 g/mol. The molecular formula is C18H27IN8. The molecule has 3 aromatic rings. The number of nitrogens with zero attached hydrogens (tertiary/aromatic N) is 5. The number of H-pyrrole nitrogens is 1. The van der Waals surface area contributed by atoms with Crippen molar-refractivity contribution in [3.63, 3.8) is 0 Å². The highest BCUT2D eigenvalue weighted by atomic mass is 127. The molecule has 2 aromatic heterocycles. The van der Waals surface area contributed by atoms with Gasteiger partial charge in [-0.15, -0.1) is 34.2 Å². The van der Waals surface area contributed by atoms with Gasteiger partial charge in [0, 0.05) is 39.0 Å². The number of para-hydroxylation sites is 2. The second-order valence-electron chi connectivity index (χ2n) is 5.93. The van der Waals surface area contributed by atoms with Gasteiger partial charge in [-0.3, -0.25) is 4.99 Å². The molecule has 3 rings (SSSR count). The molecule has 0 saturated carbocycles. The molecule has 0 aliphatic heterocycles. The van der Waals surface area contributed by atoms with E-state index in [-0.39, 0.29) is 24.0 Å². The van der Waals surface area contributed by atoms with Crippen LogP contribution in [-0.2, 0) is 19.4 Å². The summed E-state index contributed by atoms with van der Waals surface area (Å²) in [6.45, 7) is 7.21. The number of imidazole rings is 1. The summed E-state index contributed by atoms with van der Waals surface area (Å²) in [5.74, 6) is 2.77. The first-order valence-corrected chi connectivity index (χ1v) is 9.12. The Balaban J connectivity index is 0.00000261. The van der Waals surface area contributed by atoms with Crippen LogP contribution in [0.1, 0.15) is 25.5 Å². The van der Waals surface area contributed by atoms with Crippen molar-refractivity contribution < 1.29 is 0 Å². The van der Waals surface area contributed by atoms with Crippen molar-refractivity contribution in [2.45, 2.75) is 33.2 Å². The molecule has 0 spiro atoms. The molecule has 0 fully saturated rings. The van der Waals surface area contributed by atoms with Gasteiger partial charge in [0.25, 0.3) is 0 Å². The SMILES string of the molecule is CCNC(=NCCc1nc2ccccc2[nH]1)NCCn1cnnc1CC.I. The summed E-state index contributed by atoms with van der Waals surface area (Å²) in [5, 5.41) is 14.7. The van der Waals surface area contributed by atoms with Gasteiger partial charge in [-0.05, 0) is 19.1 Å². The minimum absolute atomic E-state index is 0. The lowest BCUT2D eigenvalue weighted by atomic mass is 10.3. The van der Waals surface area contributed by atoms with Crippen LogP contribution in [0, 0.1) is 0 Å². The van der Waals surface area contributed by atoms with Crippen molar-refractivity contribution in [3.8, 4) is 0 Å². The zero-order valence-corrected chi connectivity index (χ0v) is 18.1. The fourth-order valence-corrected chi connectivity index (χ4v) is 2.77. The summed E-state index contributed by atoms with van der Waals surface area (Å²) in [7, 11) is 0. The number of nitrogens with one attached hydrogen (secondary N) is 3. The molecule has 2 heterocycles. The molecule has 0 saturated heterocycles. The molecule has 0 aliphatic rings. The second kappa shape index (κ2) is 10.9. The molecule has 0 atom stereocenters. The first-order valence-electron chi connectivity index (χ1n) is 9.12. The van der Waals surface area contributed by atoms with Gasteiger partial charge in [-0.25, -0.2) is 4.98 Å². The van der Waals surface area contributed by atoms with Crippen LogP contribution in [0.4, 0.5) is 0 Å². The van der Waals surface area contributed by atoms with Crippen molar-refractivity contribution in [1.29, 1.82) is 0 Å². The number of aromatic nitrogens is 5. The topological polar surface area (TPSA) is 95.8 Å². The molecule has 3 N–H and O–H groups in total. The lowest BCUT2D eigenvalue weighted by Crippen LogP contribution is -2.39. The van der Waals surface area contributed by atoms with Crippen molar-refractivity contribution in [2.75, 3.05) is 19.6 Å². The minimum atomic E-state index is 0. The van der Waals surface area contributed by atoms with E-state index in [0.717, 1.165) is 61.1 Å². The third-order valence-corrected chi connectivity index (χ3v) is 4.06. The Morgan fingerprint density at radius 1 is 1.22 bits per heavy atom. The van der Waals surface area contributed by atoms with E-state index in [4.69, 9.17) is 0 Å². The number of fused-ring (bicyclic) bond motifs is 1. The first-order chi connectivity index (χ1) is 12.8. The highest BCUT2D eigenvalue weighted by Gasteiger charge is 2.04. The van der Waals surface area contributed by atoms with Crippen molar-refractivity contribution >= 4 is 41.0 Å². The smallest absolute Gasteiger partial charge is 0.191 e. The van der Waals surface area contributed by atoms with Crippen LogP contribution >= 0.6 is 24.0 Å². The van der Waals surface area contributed by atoms with Crippen molar-refractivity contribution in [1.82, 2.24) is 35.4 Å².